The maximum atomic E-state index is 5.95. The second-order valence-electron chi connectivity index (χ2n) is 12.5. The van der Waals surface area contributed by atoms with Crippen molar-refractivity contribution in [1.29, 1.82) is 0 Å². The summed E-state index contributed by atoms with van der Waals surface area (Å²) in [6.07, 6.45) is 4.98. The van der Waals surface area contributed by atoms with E-state index in [4.69, 9.17) is 9.40 Å². The first-order chi connectivity index (χ1) is 25.8. The number of pyridine rings is 1. The summed E-state index contributed by atoms with van der Waals surface area (Å²) in [6.45, 7) is 0. The topological polar surface area (TPSA) is 43.9 Å². The fraction of sp³-hybridized carbons (Fsp3) is 0. The molecule has 0 bridgehead atoms. The number of fused-ring (bicyclic) bond motifs is 3. The van der Waals surface area contributed by atoms with Crippen LogP contribution in [0.4, 0.5) is 0 Å². The Morgan fingerprint density at radius 3 is 2.06 bits per heavy atom. The van der Waals surface area contributed by atoms with Gasteiger partial charge in [0.25, 0.3) is 0 Å². The summed E-state index contributed by atoms with van der Waals surface area (Å²) in [5.74, 6) is 0.808. The van der Waals surface area contributed by atoms with Gasteiger partial charge >= 0.3 is 0 Å². The number of imidazole rings is 1. The number of hydrogen-bond acceptors (Lipinski definition) is 3. The Morgan fingerprint density at radius 1 is 0.547 bits per heavy atom. The minimum atomic E-state index is 0. The van der Waals surface area contributed by atoms with Gasteiger partial charge in [-0.05, 0) is 75.1 Å². The number of aromatic nitrogens is 3. The first-order valence-corrected chi connectivity index (χ1v) is 17.2. The predicted octanol–water partition coefficient (Wildman–Crippen LogP) is 12.3. The average molecular weight is 858 g/mol. The Morgan fingerprint density at radius 2 is 1.25 bits per heavy atom. The Hall–Kier alpha value is -6.39. The molecule has 0 saturated heterocycles. The van der Waals surface area contributed by atoms with Crippen LogP contribution in [-0.4, -0.2) is 14.5 Å². The van der Waals surface area contributed by atoms with Crippen LogP contribution in [0.5, 0.6) is 0 Å². The standard InChI is InChI=1S/C37H23N2O.C11H8N.Ir/c1-2-8-25(9-3-1)27-16-19-31(20-17-27)39-35-13-7-6-12-34(35)38-37(39)33-24-40-36-21-18-30(23-32(33)36)29-15-14-26-10-4-5-11-28(26)22-29;1-2-6-10(7-3-1)11-8-4-5-9-12-11;/h1-23H;1-6,8-9H;/q2*-1;. The summed E-state index contributed by atoms with van der Waals surface area (Å²) in [6, 6.07) is 65.5. The van der Waals surface area contributed by atoms with Crippen molar-refractivity contribution in [2.24, 2.45) is 0 Å². The molecule has 0 amide bonds. The molecule has 0 fully saturated rings. The summed E-state index contributed by atoms with van der Waals surface area (Å²) in [7, 11) is 0. The van der Waals surface area contributed by atoms with Crippen LogP contribution in [0.1, 0.15) is 0 Å². The number of hydrogen-bond donors (Lipinski definition) is 0. The molecule has 255 valence electrons. The van der Waals surface area contributed by atoms with Crippen LogP contribution in [0.15, 0.2) is 193 Å². The van der Waals surface area contributed by atoms with Crippen molar-refractivity contribution in [1.82, 2.24) is 14.5 Å². The van der Waals surface area contributed by atoms with E-state index in [0.29, 0.717) is 0 Å². The number of furan rings is 1. The zero-order valence-electron chi connectivity index (χ0n) is 28.5. The fourth-order valence-electron chi connectivity index (χ4n) is 6.65. The quantitative estimate of drug-likeness (QED) is 0.162. The van der Waals surface area contributed by atoms with Crippen molar-refractivity contribution in [3.05, 3.63) is 201 Å². The smallest absolute Gasteiger partial charge is 0.0774 e. The molecular formula is C48H31IrN3O-2. The van der Waals surface area contributed by atoms with Crippen molar-refractivity contribution in [3.8, 4) is 50.6 Å². The van der Waals surface area contributed by atoms with Gasteiger partial charge in [-0.3, -0.25) is 4.98 Å². The molecule has 1 radical (unpaired) electrons. The molecule has 0 aliphatic carbocycles. The molecule has 3 aromatic heterocycles. The van der Waals surface area contributed by atoms with Gasteiger partial charge in [0.15, 0.2) is 0 Å². The number of rotatable bonds is 5. The van der Waals surface area contributed by atoms with E-state index in [1.54, 1.807) is 6.20 Å². The van der Waals surface area contributed by atoms with E-state index in [0.717, 1.165) is 61.5 Å². The third kappa shape index (κ3) is 6.84. The van der Waals surface area contributed by atoms with Gasteiger partial charge in [0.2, 0.25) is 0 Å². The summed E-state index contributed by atoms with van der Waals surface area (Å²) >= 11 is 0. The van der Waals surface area contributed by atoms with Gasteiger partial charge in [0.05, 0.1) is 16.9 Å². The van der Waals surface area contributed by atoms with Crippen LogP contribution in [-0.2, 0) is 20.1 Å². The largest absolute Gasteiger partial charge is 0.557 e. The second-order valence-corrected chi connectivity index (χ2v) is 12.5. The van der Waals surface area contributed by atoms with E-state index in [9.17, 15) is 0 Å². The van der Waals surface area contributed by atoms with Crippen molar-refractivity contribution in [2.45, 2.75) is 0 Å². The molecule has 4 nitrogen and oxygen atoms in total. The molecule has 0 atom stereocenters. The van der Waals surface area contributed by atoms with Crippen LogP contribution in [0.3, 0.4) is 0 Å². The summed E-state index contributed by atoms with van der Waals surface area (Å²) in [5.41, 5.74) is 11.3. The van der Waals surface area contributed by atoms with E-state index in [1.165, 1.54) is 21.9 Å². The molecule has 0 N–H and O–H groups in total. The van der Waals surface area contributed by atoms with Gasteiger partial charge in [-0.2, -0.15) is 0 Å². The maximum Gasteiger partial charge on any atom is 0.0774 e. The molecule has 10 rings (SSSR count). The SMILES string of the molecule is [Ir].[c-]1ccccc1-c1ccccn1.[c-]1oc2ccc(-c3ccc4ccccc4c3)cc2c1-c1nc2ccccc2n1-c1ccc(-c2ccccc2)cc1. The van der Waals surface area contributed by atoms with Crippen LogP contribution >= 0.6 is 0 Å². The summed E-state index contributed by atoms with van der Waals surface area (Å²) in [4.78, 5) is 9.30. The van der Waals surface area contributed by atoms with E-state index in [-0.39, 0.29) is 20.1 Å². The Labute approximate surface area is 321 Å². The molecular weight excluding hydrogens is 827 g/mol. The zero-order valence-corrected chi connectivity index (χ0v) is 30.9. The normalized spacial score (nSPS) is 10.9. The summed E-state index contributed by atoms with van der Waals surface area (Å²) < 4.78 is 8.15. The van der Waals surface area contributed by atoms with E-state index in [1.807, 2.05) is 60.7 Å². The Balaban J connectivity index is 0.000000262. The number of para-hydroxylation sites is 2. The monoisotopic (exact) mass is 858 g/mol. The van der Waals surface area contributed by atoms with Gasteiger partial charge in [0.1, 0.15) is 0 Å². The second kappa shape index (κ2) is 15.1. The average Bonchev–Trinajstić information content (AvgIpc) is 3.83. The van der Waals surface area contributed by atoms with E-state index in [2.05, 4.69) is 143 Å². The molecule has 10 aromatic rings. The summed E-state index contributed by atoms with van der Waals surface area (Å²) in [5, 5.41) is 3.44. The maximum absolute atomic E-state index is 5.95. The van der Waals surface area contributed by atoms with E-state index >= 15 is 0 Å². The third-order valence-corrected chi connectivity index (χ3v) is 9.26. The van der Waals surface area contributed by atoms with Gasteiger partial charge in [-0.1, -0.05) is 132 Å². The van der Waals surface area contributed by atoms with E-state index < -0.39 is 0 Å². The molecule has 0 spiro atoms. The molecule has 0 saturated carbocycles. The van der Waals surface area contributed by atoms with Crippen molar-refractivity contribution in [2.75, 3.05) is 0 Å². The number of nitrogens with zero attached hydrogens (tertiary/aromatic N) is 3. The van der Waals surface area contributed by atoms with Crippen molar-refractivity contribution >= 4 is 32.8 Å². The Kier molecular flexibility index (Phi) is 9.59. The first-order valence-electron chi connectivity index (χ1n) is 17.2. The van der Waals surface area contributed by atoms with Crippen molar-refractivity contribution in [3.63, 3.8) is 0 Å². The molecule has 5 heteroatoms. The zero-order chi connectivity index (χ0) is 34.7. The molecule has 3 heterocycles. The molecule has 53 heavy (non-hydrogen) atoms. The van der Waals surface area contributed by atoms with Gasteiger partial charge in [-0.25, -0.2) is 0 Å². The van der Waals surface area contributed by atoms with Crippen molar-refractivity contribution < 1.29 is 24.5 Å². The minimum absolute atomic E-state index is 0. The third-order valence-electron chi connectivity index (χ3n) is 9.26. The van der Waals surface area contributed by atoms with Crippen LogP contribution in [0, 0.1) is 12.3 Å². The predicted molar refractivity (Wildman–Crippen MR) is 212 cm³/mol. The van der Waals surface area contributed by atoms with Crippen LogP contribution in [0.25, 0.3) is 83.4 Å². The number of benzene rings is 7. The molecule has 7 aromatic carbocycles. The van der Waals surface area contributed by atoms with Crippen LogP contribution < -0.4 is 0 Å². The van der Waals surface area contributed by atoms with Gasteiger partial charge in [-0.15, -0.1) is 35.9 Å². The molecule has 0 aliphatic heterocycles. The minimum Gasteiger partial charge on any atom is -0.557 e. The van der Waals surface area contributed by atoms with Gasteiger partial charge in [0, 0.05) is 43.8 Å². The Bertz CT molecular complexity index is 2740. The molecule has 0 aliphatic rings. The van der Waals surface area contributed by atoms with Crippen LogP contribution in [0.2, 0.25) is 0 Å². The first kappa shape index (κ1) is 33.7. The fourth-order valence-corrected chi connectivity index (χ4v) is 6.65. The van der Waals surface area contributed by atoms with Gasteiger partial charge < -0.3 is 14.0 Å². The molecule has 0 unspecified atom stereocenters.